The zero-order chi connectivity index (χ0) is 17.8. The van der Waals surface area contributed by atoms with Crippen molar-refractivity contribution in [2.45, 2.75) is 31.2 Å². The summed E-state index contributed by atoms with van der Waals surface area (Å²) in [6.45, 7) is 2.49. The Kier molecular flexibility index (Phi) is 5.11. The van der Waals surface area contributed by atoms with Crippen LogP contribution in [0.2, 0.25) is 0 Å². The Labute approximate surface area is 153 Å². The predicted octanol–water partition coefficient (Wildman–Crippen LogP) is 2.14. The van der Waals surface area contributed by atoms with Gasteiger partial charge in [0.15, 0.2) is 0 Å². The van der Waals surface area contributed by atoms with Gasteiger partial charge < -0.3 is 15.4 Å². The maximum absolute atomic E-state index is 12.0. The van der Waals surface area contributed by atoms with Crippen LogP contribution < -0.4 is 15.4 Å². The molecule has 3 unspecified atom stereocenters. The third-order valence-electron chi connectivity index (χ3n) is 5.21. The van der Waals surface area contributed by atoms with E-state index in [2.05, 4.69) is 26.7 Å². The largest absolute Gasteiger partial charge is 0.490 e. The van der Waals surface area contributed by atoms with Gasteiger partial charge in [-0.15, -0.1) is 0 Å². The van der Waals surface area contributed by atoms with E-state index < -0.39 is 0 Å². The van der Waals surface area contributed by atoms with Crippen molar-refractivity contribution in [2.24, 2.45) is 5.92 Å². The van der Waals surface area contributed by atoms with Crippen molar-refractivity contribution in [2.75, 3.05) is 19.7 Å². The van der Waals surface area contributed by atoms with Gasteiger partial charge in [0.25, 0.3) is 5.91 Å². The molecule has 1 aliphatic heterocycles. The number of nitrogens with one attached hydrogen (secondary N) is 2. The lowest BCUT2D eigenvalue weighted by Gasteiger charge is -2.27. The molecule has 4 rings (SSSR count). The normalized spacial score (nSPS) is 23.8. The lowest BCUT2D eigenvalue weighted by atomic mass is 10.1. The van der Waals surface area contributed by atoms with Gasteiger partial charge in [-0.25, -0.2) is 0 Å². The molecule has 6 heteroatoms. The van der Waals surface area contributed by atoms with E-state index in [4.69, 9.17) is 4.74 Å². The Bertz CT molecular complexity index is 748. The number of ether oxygens (including phenoxy) is 1. The molecule has 2 aromatic rings. The first-order valence-corrected chi connectivity index (χ1v) is 9.29. The number of hydrogen-bond acceptors (Lipinski definition) is 5. The van der Waals surface area contributed by atoms with E-state index in [1.54, 1.807) is 30.7 Å². The Morgan fingerprint density at radius 1 is 1.27 bits per heavy atom. The lowest BCUT2D eigenvalue weighted by molar-refractivity contribution is 0.0952. The van der Waals surface area contributed by atoms with Crippen LogP contribution in [0.1, 0.15) is 41.1 Å². The van der Waals surface area contributed by atoms with Gasteiger partial charge in [0, 0.05) is 36.7 Å². The van der Waals surface area contributed by atoms with Gasteiger partial charge in [-0.3, -0.25) is 14.8 Å². The minimum Gasteiger partial charge on any atom is -0.490 e. The third kappa shape index (κ3) is 4.19. The molecule has 0 spiro atoms. The van der Waals surface area contributed by atoms with E-state index in [-0.39, 0.29) is 5.91 Å². The predicted molar refractivity (Wildman–Crippen MR) is 98.2 cm³/mol. The van der Waals surface area contributed by atoms with Crippen LogP contribution in [0.4, 0.5) is 0 Å². The molecule has 2 aromatic heterocycles. The molecule has 26 heavy (non-hydrogen) atoms. The second-order valence-corrected chi connectivity index (χ2v) is 7.09. The fourth-order valence-corrected chi connectivity index (χ4v) is 3.36. The number of amides is 1. The van der Waals surface area contributed by atoms with Crippen LogP contribution in [0.25, 0.3) is 0 Å². The molecule has 2 aliphatic rings. The molecule has 1 aliphatic carbocycles. The van der Waals surface area contributed by atoms with Crippen molar-refractivity contribution < 1.29 is 9.53 Å². The minimum atomic E-state index is -0.0359. The first-order valence-electron chi connectivity index (χ1n) is 9.29. The van der Waals surface area contributed by atoms with Crippen LogP contribution >= 0.6 is 0 Å². The van der Waals surface area contributed by atoms with Crippen LogP contribution in [0.5, 0.6) is 5.75 Å². The second-order valence-electron chi connectivity index (χ2n) is 7.09. The second kappa shape index (κ2) is 7.83. The number of aromatic nitrogens is 2. The van der Waals surface area contributed by atoms with E-state index >= 15 is 0 Å². The summed E-state index contributed by atoms with van der Waals surface area (Å²) in [5.74, 6) is 1.96. The van der Waals surface area contributed by atoms with Gasteiger partial charge in [-0.2, -0.15) is 0 Å². The van der Waals surface area contributed by atoms with Gasteiger partial charge in [0.05, 0.1) is 6.20 Å². The van der Waals surface area contributed by atoms with E-state index in [1.807, 2.05) is 6.20 Å². The summed E-state index contributed by atoms with van der Waals surface area (Å²) in [5.41, 5.74) is 1.90. The highest BCUT2D eigenvalue weighted by Gasteiger charge is 2.38. The Balaban J connectivity index is 1.21. The topological polar surface area (TPSA) is 76.1 Å². The molecule has 0 aromatic carbocycles. The summed E-state index contributed by atoms with van der Waals surface area (Å²) in [7, 11) is 0. The van der Waals surface area contributed by atoms with E-state index in [9.17, 15) is 4.79 Å². The molecule has 2 fully saturated rings. The van der Waals surface area contributed by atoms with Gasteiger partial charge in [0.1, 0.15) is 12.4 Å². The molecule has 136 valence electrons. The Morgan fingerprint density at radius 3 is 2.88 bits per heavy atom. The standard InChI is InChI=1S/C20H24N4O2/c25-20(14-1-5-21-6-2-14)24-7-3-15-10-19(15)16-9-18(12-22-11-16)26-13-17-4-8-23-17/h1-2,5-6,9,11-12,15,17,19,23H,3-4,7-8,10,13H2,(H,24,25). The molecular formula is C20H24N4O2. The first-order chi connectivity index (χ1) is 12.8. The minimum absolute atomic E-state index is 0.0359. The lowest BCUT2D eigenvalue weighted by Crippen LogP contribution is -2.46. The number of carbonyl (C=O) groups excluding carboxylic acids is 1. The first kappa shape index (κ1) is 17.0. The van der Waals surface area contributed by atoms with Gasteiger partial charge in [0.2, 0.25) is 0 Å². The molecule has 1 saturated carbocycles. The Hall–Kier alpha value is -2.47. The zero-order valence-electron chi connectivity index (χ0n) is 14.7. The van der Waals surface area contributed by atoms with Crippen LogP contribution in [-0.4, -0.2) is 41.6 Å². The molecule has 2 N–H and O–H groups in total. The average Bonchev–Trinajstić information content (AvgIpc) is 3.41. The Morgan fingerprint density at radius 2 is 2.12 bits per heavy atom. The highest BCUT2D eigenvalue weighted by Crippen LogP contribution is 2.49. The molecule has 0 radical (unpaired) electrons. The number of pyridine rings is 2. The smallest absolute Gasteiger partial charge is 0.251 e. The fraction of sp³-hybridized carbons (Fsp3) is 0.450. The van der Waals surface area contributed by atoms with E-state index in [1.165, 1.54) is 12.0 Å². The van der Waals surface area contributed by atoms with Crippen molar-refractivity contribution in [3.05, 3.63) is 54.1 Å². The van der Waals surface area contributed by atoms with Crippen molar-refractivity contribution >= 4 is 5.91 Å². The van der Waals surface area contributed by atoms with Gasteiger partial charge in [-0.1, -0.05) is 0 Å². The number of carbonyl (C=O) groups is 1. The number of hydrogen-bond donors (Lipinski definition) is 2. The SMILES string of the molecule is O=C(NCCC1CC1c1cncc(OCC2CCN2)c1)c1ccncc1. The third-order valence-corrected chi connectivity index (χ3v) is 5.21. The van der Waals surface area contributed by atoms with Crippen LogP contribution in [0.3, 0.4) is 0 Å². The summed E-state index contributed by atoms with van der Waals surface area (Å²) in [6.07, 6.45) is 10.3. The monoisotopic (exact) mass is 352 g/mol. The quantitative estimate of drug-likeness (QED) is 0.761. The van der Waals surface area contributed by atoms with Crippen LogP contribution in [-0.2, 0) is 0 Å². The summed E-state index contributed by atoms with van der Waals surface area (Å²) in [5, 5.41) is 6.32. The summed E-state index contributed by atoms with van der Waals surface area (Å²) < 4.78 is 5.84. The summed E-state index contributed by atoms with van der Waals surface area (Å²) in [4.78, 5) is 20.3. The average molecular weight is 352 g/mol. The van der Waals surface area contributed by atoms with Crippen molar-refractivity contribution in [3.8, 4) is 5.75 Å². The molecule has 3 atom stereocenters. The fourth-order valence-electron chi connectivity index (χ4n) is 3.36. The van der Waals surface area contributed by atoms with Crippen molar-refractivity contribution in [3.63, 3.8) is 0 Å². The molecular weight excluding hydrogens is 328 g/mol. The van der Waals surface area contributed by atoms with Crippen LogP contribution in [0.15, 0.2) is 43.0 Å². The molecule has 3 heterocycles. The molecule has 6 nitrogen and oxygen atoms in total. The highest BCUT2D eigenvalue weighted by molar-refractivity contribution is 5.93. The highest BCUT2D eigenvalue weighted by atomic mass is 16.5. The van der Waals surface area contributed by atoms with Crippen molar-refractivity contribution in [1.82, 2.24) is 20.6 Å². The molecule has 1 saturated heterocycles. The number of nitrogens with zero attached hydrogens (tertiary/aromatic N) is 2. The summed E-state index contributed by atoms with van der Waals surface area (Å²) in [6, 6.07) is 6.06. The molecule has 0 bridgehead atoms. The van der Waals surface area contributed by atoms with E-state index in [0.717, 1.165) is 25.1 Å². The molecule has 1 amide bonds. The number of rotatable bonds is 8. The zero-order valence-corrected chi connectivity index (χ0v) is 14.7. The van der Waals surface area contributed by atoms with Crippen molar-refractivity contribution in [1.29, 1.82) is 0 Å². The van der Waals surface area contributed by atoms with Gasteiger partial charge in [-0.05, 0) is 61.4 Å². The maximum Gasteiger partial charge on any atom is 0.251 e. The van der Waals surface area contributed by atoms with Gasteiger partial charge >= 0.3 is 0 Å². The van der Waals surface area contributed by atoms with Crippen LogP contribution in [0, 0.1) is 5.92 Å². The maximum atomic E-state index is 12.0. The van der Waals surface area contributed by atoms with E-state index in [0.29, 0.717) is 36.6 Å². The summed E-state index contributed by atoms with van der Waals surface area (Å²) >= 11 is 0.